The van der Waals surface area contributed by atoms with Crippen LogP contribution in [0.3, 0.4) is 0 Å². The summed E-state index contributed by atoms with van der Waals surface area (Å²) in [6, 6.07) is 12.8. The highest BCUT2D eigenvalue weighted by atomic mass is 35.5. The largest absolute Gasteiger partial charge is 0.400 e. The lowest BCUT2D eigenvalue weighted by Gasteiger charge is -2.27. The summed E-state index contributed by atoms with van der Waals surface area (Å²) >= 11 is 6.25. The van der Waals surface area contributed by atoms with Gasteiger partial charge >= 0.3 is 12.2 Å². The van der Waals surface area contributed by atoms with Crippen molar-refractivity contribution >= 4 is 47.8 Å². The van der Waals surface area contributed by atoms with Crippen molar-refractivity contribution in [2.45, 2.75) is 45.2 Å². The summed E-state index contributed by atoms with van der Waals surface area (Å²) < 4.78 is 39.1. The SMILES string of the molecule is C[B]c1ccc(C(=N)N(CCC(F)(F)F)C(=O)NC/C(N)=C2\CCC(C(N)=O)CC2=NCc2ccccc2Cl)cc1. The van der Waals surface area contributed by atoms with Gasteiger partial charge in [-0.3, -0.25) is 20.1 Å². The minimum Gasteiger partial charge on any atom is -0.400 e. The summed E-state index contributed by atoms with van der Waals surface area (Å²) in [6.45, 7) is 1.13. The molecule has 1 aliphatic carbocycles. The van der Waals surface area contributed by atoms with Gasteiger partial charge in [-0.05, 0) is 30.0 Å². The molecule has 1 atom stereocenters. The van der Waals surface area contributed by atoms with E-state index in [9.17, 15) is 22.8 Å². The highest BCUT2D eigenvalue weighted by Crippen LogP contribution is 2.28. The number of urea groups is 1. The number of nitrogens with one attached hydrogen (secondary N) is 2. The van der Waals surface area contributed by atoms with Crippen LogP contribution >= 0.6 is 11.6 Å². The zero-order valence-corrected chi connectivity index (χ0v) is 23.4. The van der Waals surface area contributed by atoms with Crippen LogP contribution in [0.1, 0.15) is 36.8 Å². The number of nitrogens with two attached hydrogens (primary N) is 2. The van der Waals surface area contributed by atoms with Crippen LogP contribution in [0, 0.1) is 11.3 Å². The Morgan fingerprint density at radius 3 is 2.46 bits per heavy atom. The fourth-order valence-corrected chi connectivity index (χ4v) is 4.59. The summed E-state index contributed by atoms with van der Waals surface area (Å²) in [5.41, 5.74) is 15.3. The number of halogens is 4. The number of hydrogen-bond acceptors (Lipinski definition) is 5. The van der Waals surface area contributed by atoms with Gasteiger partial charge in [0.1, 0.15) is 13.1 Å². The topological polar surface area (TPSA) is 138 Å². The zero-order valence-electron chi connectivity index (χ0n) is 22.6. The lowest BCUT2D eigenvalue weighted by atomic mass is 9.73. The van der Waals surface area contributed by atoms with Crippen molar-refractivity contribution in [2.24, 2.45) is 22.4 Å². The van der Waals surface area contributed by atoms with Crippen LogP contribution < -0.4 is 22.2 Å². The number of hydrogen-bond donors (Lipinski definition) is 4. The van der Waals surface area contributed by atoms with Crippen LogP contribution in [0.5, 0.6) is 0 Å². The van der Waals surface area contributed by atoms with Crippen molar-refractivity contribution in [1.82, 2.24) is 10.2 Å². The molecule has 1 saturated carbocycles. The fourth-order valence-electron chi connectivity index (χ4n) is 4.39. The number of benzene rings is 2. The molecule has 0 bridgehead atoms. The second-order valence-corrected chi connectivity index (χ2v) is 10.0. The van der Waals surface area contributed by atoms with Gasteiger partial charge in [-0.25, -0.2) is 4.79 Å². The average molecular weight is 588 g/mol. The van der Waals surface area contributed by atoms with E-state index in [4.69, 9.17) is 28.5 Å². The van der Waals surface area contributed by atoms with Crippen molar-refractivity contribution < 1.29 is 22.8 Å². The molecule has 1 aliphatic rings. The maximum absolute atomic E-state index is 13.1. The Labute approximate surface area is 242 Å². The molecule has 3 rings (SSSR count). The fraction of sp³-hybridized carbons (Fsp3) is 0.357. The van der Waals surface area contributed by atoms with Crippen molar-refractivity contribution in [3.8, 4) is 0 Å². The summed E-state index contributed by atoms with van der Waals surface area (Å²) in [5.74, 6) is -1.25. The molecule has 1 fully saturated rings. The summed E-state index contributed by atoms with van der Waals surface area (Å²) in [5, 5.41) is 11.5. The normalized spacial score (nSPS) is 17.6. The molecule has 0 heterocycles. The second-order valence-electron chi connectivity index (χ2n) is 9.64. The van der Waals surface area contributed by atoms with Gasteiger partial charge in [0, 0.05) is 40.9 Å². The number of rotatable bonds is 9. The Kier molecular flexibility index (Phi) is 11.0. The van der Waals surface area contributed by atoms with E-state index in [1.165, 1.54) is 0 Å². The van der Waals surface area contributed by atoms with Crippen LogP contribution in [0.4, 0.5) is 18.0 Å². The first kappa shape index (κ1) is 31.7. The van der Waals surface area contributed by atoms with E-state index in [-0.39, 0.29) is 36.6 Å². The molecule has 1 radical (unpaired) electrons. The zero-order chi connectivity index (χ0) is 30.2. The van der Waals surface area contributed by atoms with Gasteiger partial charge in [0.15, 0.2) is 0 Å². The molecule has 1 unspecified atom stereocenters. The molecule has 0 spiro atoms. The predicted molar refractivity (Wildman–Crippen MR) is 156 cm³/mol. The van der Waals surface area contributed by atoms with Gasteiger partial charge in [0.25, 0.3) is 0 Å². The molecule has 2 aromatic carbocycles. The summed E-state index contributed by atoms with van der Waals surface area (Å²) in [7, 11) is 1.83. The van der Waals surface area contributed by atoms with E-state index >= 15 is 0 Å². The Balaban J connectivity index is 1.81. The molecule has 2 aromatic rings. The number of amidine groups is 1. The lowest BCUT2D eigenvalue weighted by molar-refractivity contribution is -0.135. The van der Waals surface area contributed by atoms with E-state index < -0.39 is 37.0 Å². The van der Waals surface area contributed by atoms with Crippen LogP contribution in [-0.4, -0.2) is 54.9 Å². The van der Waals surface area contributed by atoms with Gasteiger partial charge in [-0.15, -0.1) is 0 Å². The number of carbonyl (C=O) groups is 2. The minimum absolute atomic E-state index is 0.194. The lowest BCUT2D eigenvalue weighted by Crippen LogP contribution is -2.46. The molecule has 217 valence electrons. The van der Waals surface area contributed by atoms with E-state index in [1.807, 2.05) is 26.2 Å². The average Bonchev–Trinajstić information content (AvgIpc) is 2.94. The number of amides is 3. The number of primary amides is 1. The van der Waals surface area contributed by atoms with Crippen LogP contribution in [0.2, 0.25) is 11.8 Å². The van der Waals surface area contributed by atoms with E-state index in [2.05, 4.69) is 10.3 Å². The Morgan fingerprint density at radius 2 is 1.85 bits per heavy atom. The van der Waals surface area contributed by atoms with Crippen LogP contribution in [0.15, 0.2) is 64.8 Å². The van der Waals surface area contributed by atoms with E-state index in [1.54, 1.807) is 36.4 Å². The Morgan fingerprint density at radius 1 is 1.17 bits per heavy atom. The minimum atomic E-state index is -4.52. The molecule has 0 aliphatic heterocycles. The first-order valence-electron chi connectivity index (χ1n) is 13.0. The quantitative estimate of drug-likeness (QED) is 0.199. The molecule has 3 amide bonds. The molecular weight excluding hydrogens is 556 g/mol. The highest BCUT2D eigenvalue weighted by molar-refractivity contribution is 6.51. The van der Waals surface area contributed by atoms with Gasteiger partial charge in [0.2, 0.25) is 5.91 Å². The molecule has 0 saturated heterocycles. The Hall–Kier alpha value is -3.80. The smallest absolute Gasteiger partial charge is 0.390 e. The molecule has 13 heteroatoms. The number of alkyl halides is 3. The third-order valence-corrected chi connectivity index (χ3v) is 7.17. The highest BCUT2D eigenvalue weighted by Gasteiger charge is 2.31. The molecule has 41 heavy (non-hydrogen) atoms. The van der Waals surface area contributed by atoms with Gasteiger partial charge in [0.05, 0.1) is 19.5 Å². The number of aliphatic imine (C=N–C) groups is 1. The van der Waals surface area contributed by atoms with E-state index in [0.29, 0.717) is 29.1 Å². The van der Waals surface area contributed by atoms with Crippen molar-refractivity contribution in [3.63, 3.8) is 0 Å². The molecular formula is C28H32BClF3N6O2. The first-order chi connectivity index (χ1) is 19.4. The summed E-state index contributed by atoms with van der Waals surface area (Å²) in [6.07, 6.45) is -4.72. The Bertz CT molecular complexity index is 1330. The molecule has 6 N–H and O–H groups in total. The standard InChI is InChI=1S/C28H32BClF3N6O2/c1-29-20-9-6-17(7-10-20)25(35)39(13-12-28(31,32)33)27(41)38-16-23(34)21-11-8-18(26(36)40)14-24(21)37-15-19-4-2-3-5-22(19)30/h2-7,9-10,18,35H,8,11-16,34H2,1H3,(H2,36,40)(H,38,41)/b23-21-,35-25?,37-24?. The van der Waals surface area contributed by atoms with Crippen LogP contribution in [-0.2, 0) is 11.3 Å². The van der Waals surface area contributed by atoms with E-state index in [0.717, 1.165) is 15.9 Å². The maximum Gasteiger partial charge on any atom is 0.390 e. The number of nitrogens with zero attached hydrogens (tertiary/aromatic N) is 2. The van der Waals surface area contributed by atoms with Gasteiger partial charge in [-0.1, -0.05) is 66.4 Å². The van der Waals surface area contributed by atoms with Crippen molar-refractivity contribution in [3.05, 3.63) is 76.0 Å². The van der Waals surface area contributed by atoms with Gasteiger partial charge in [-0.2, -0.15) is 13.2 Å². The predicted octanol–water partition coefficient (Wildman–Crippen LogP) is 4.15. The molecule has 0 aromatic heterocycles. The third-order valence-electron chi connectivity index (χ3n) is 6.80. The second kappa shape index (κ2) is 14.2. The van der Waals surface area contributed by atoms with Crippen molar-refractivity contribution in [2.75, 3.05) is 13.1 Å². The molecule has 8 nitrogen and oxygen atoms in total. The van der Waals surface area contributed by atoms with Crippen LogP contribution in [0.25, 0.3) is 0 Å². The number of carbonyl (C=O) groups excluding carboxylic acids is 2. The monoisotopic (exact) mass is 587 g/mol. The van der Waals surface area contributed by atoms with Gasteiger partial charge < -0.3 is 16.8 Å². The van der Waals surface area contributed by atoms with Crippen molar-refractivity contribution in [1.29, 1.82) is 5.41 Å². The third kappa shape index (κ3) is 9.11. The number of allylic oxidation sites excluding steroid dienone is 1. The maximum atomic E-state index is 13.1. The summed E-state index contributed by atoms with van der Waals surface area (Å²) in [4.78, 5) is 30.3. The first-order valence-corrected chi connectivity index (χ1v) is 13.4.